The molecule has 0 bridgehead atoms. The predicted octanol–water partition coefficient (Wildman–Crippen LogP) is 3.55. The molecule has 0 fully saturated rings. The third-order valence-electron chi connectivity index (χ3n) is 3.90. The lowest BCUT2D eigenvalue weighted by Crippen LogP contribution is -2.25. The first-order valence-corrected chi connectivity index (χ1v) is 8.83. The number of nitrogens with one attached hydrogen (secondary N) is 1. The molecule has 2 aromatic heterocycles. The lowest BCUT2D eigenvalue weighted by Gasteiger charge is -2.06. The number of rotatable bonds is 7. The van der Waals surface area contributed by atoms with Crippen LogP contribution in [0.15, 0.2) is 41.8 Å². The van der Waals surface area contributed by atoms with Crippen molar-refractivity contribution < 1.29 is 4.79 Å². The van der Waals surface area contributed by atoms with Crippen LogP contribution in [0.2, 0.25) is 0 Å². The molecule has 0 spiro atoms. The van der Waals surface area contributed by atoms with Gasteiger partial charge < -0.3 is 5.32 Å². The summed E-state index contributed by atoms with van der Waals surface area (Å²) in [6.45, 7) is 3.35. The summed E-state index contributed by atoms with van der Waals surface area (Å²) in [6.07, 6.45) is 2.47. The van der Waals surface area contributed by atoms with Gasteiger partial charge in [0.05, 0.1) is 17.8 Å². The number of benzene rings is 1. The van der Waals surface area contributed by atoms with Crippen LogP contribution in [-0.2, 0) is 17.8 Å². The van der Waals surface area contributed by atoms with Crippen molar-refractivity contribution in [2.45, 2.75) is 32.7 Å². The van der Waals surface area contributed by atoms with Crippen LogP contribution in [-0.4, -0.2) is 22.2 Å². The first-order valence-electron chi connectivity index (χ1n) is 7.95. The van der Waals surface area contributed by atoms with Gasteiger partial charge in [0.2, 0.25) is 5.91 Å². The maximum Gasteiger partial charge on any atom is 0.221 e. The van der Waals surface area contributed by atoms with Gasteiger partial charge in [-0.05, 0) is 37.3 Å². The van der Waals surface area contributed by atoms with Gasteiger partial charge in [-0.3, -0.25) is 9.48 Å². The SMILES string of the molecule is Cc1nn(CCC(=O)NCCCc2cccs2)c2ccccc12. The molecular formula is C18H21N3OS. The fourth-order valence-corrected chi connectivity index (χ4v) is 3.46. The monoisotopic (exact) mass is 327 g/mol. The third-order valence-corrected chi connectivity index (χ3v) is 4.83. The Kier molecular flexibility index (Phi) is 5.08. The molecule has 0 atom stereocenters. The molecule has 0 aliphatic heterocycles. The number of thiophene rings is 1. The number of hydrogen-bond donors (Lipinski definition) is 1. The number of hydrogen-bond acceptors (Lipinski definition) is 3. The van der Waals surface area contributed by atoms with Gasteiger partial charge in [0.1, 0.15) is 0 Å². The van der Waals surface area contributed by atoms with E-state index in [2.05, 4.69) is 34.0 Å². The number of aromatic nitrogens is 2. The molecule has 4 nitrogen and oxygen atoms in total. The molecular weight excluding hydrogens is 306 g/mol. The quantitative estimate of drug-likeness (QED) is 0.675. The van der Waals surface area contributed by atoms with Crippen LogP contribution in [0.5, 0.6) is 0 Å². The largest absolute Gasteiger partial charge is 0.356 e. The van der Waals surface area contributed by atoms with E-state index in [1.807, 2.05) is 29.8 Å². The van der Waals surface area contributed by atoms with Crippen LogP contribution < -0.4 is 5.32 Å². The van der Waals surface area contributed by atoms with Crippen molar-refractivity contribution in [1.82, 2.24) is 15.1 Å². The molecule has 0 unspecified atom stereocenters. The molecule has 120 valence electrons. The lowest BCUT2D eigenvalue weighted by molar-refractivity contribution is -0.121. The van der Waals surface area contributed by atoms with Gasteiger partial charge in [-0.1, -0.05) is 24.3 Å². The zero-order valence-corrected chi connectivity index (χ0v) is 14.1. The Morgan fingerprint density at radius 1 is 1.26 bits per heavy atom. The van der Waals surface area contributed by atoms with Gasteiger partial charge in [-0.25, -0.2) is 0 Å². The standard InChI is InChI=1S/C18H21N3OS/c1-14-16-8-2-3-9-17(16)21(20-14)12-10-18(22)19-11-4-6-15-7-5-13-23-15/h2-3,5,7-9,13H,4,6,10-12H2,1H3,(H,19,22). The van der Waals surface area contributed by atoms with Gasteiger partial charge in [0.25, 0.3) is 0 Å². The van der Waals surface area contributed by atoms with Crippen molar-refractivity contribution in [3.63, 3.8) is 0 Å². The summed E-state index contributed by atoms with van der Waals surface area (Å²) in [5.74, 6) is 0.0911. The normalized spacial score (nSPS) is 11.0. The Bertz CT molecular complexity index is 777. The molecule has 3 aromatic rings. The van der Waals surface area contributed by atoms with E-state index in [0.717, 1.165) is 36.0 Å². The first-order chi connectivity index (χ1) is 11.2. The fraction of sp³-hybridized carbons (Fsp3) is 0.333. The summed E-state index contributed by atoms with van der Waals surface area (Å²) in [5, 5.41) is 10.8. The van der Waals surface area contributed by atoms with E-state index in [9.17, 15) is 4.79 Å². The summed E-state index contributed by atoms with van der Waals surface area (Å²) < 4.78 is 1.93. The van der Waals surface area contributed by atoms with Gasteiger partial charge in [-0.2, -0.15) is 5.10 Å². The zero-order valence-electron chi connectivity index (χ0n) is 13.3. The molecule has 1 amide bonds. The highest BCUT2D eigenvalue weighted by Gasteiger charge is 2.08. The summed E-state index contributed by atoms with van der Waals surface area (Å²) in [4.78, 5) is 13.3. The minimum Gasteiger partial charge on any atom is -0.356 e. The molecule has 0 radical (unpaired) electrons. The Morgan fingerprint density at radius 3 is 2.96 bits per heavy atom. The van der Waals surface area contributed by atoms with E-state index in [-0.39, 0.29) is 5.91 Å². The molecule has 23 heavy (non-hydrogen) atoms. The zero-order chi connectivity index (χ0) is 16.1. The van der Waals surface area contributed by atoms with Gasteiger partial charge in [0, 0.05) is 23.2 Å². The van der Waals surface area contributed by atoms with Crippen LogP contribution in [0.3, 0.4) is 0 Å². The molecule has 1 aromatic carbocycles. The highest BCUT2D eigenvalue weighted by Crippen LogP contribution is 2.17. The topological polar surface area (TPSA) is 46.9 Å². The van der Waals surface area contributed by atoms with Crippen LogP contribution in [0.4, 0.5) is 0 Å². The Balaban J connectivity index is 1.45. The highest BCUT2D eigenvalue weighted by molar-refractivity contribution is 7.09. The van der Waals surface area contributed by atoms with E-state index in [1.165, 1.54) is 4.88 Å². The molecule has 0 saturated carbocycles. The second-order valence-corrected chi connectivity index (χ2v) is 6.64. The molecule has 2 heterocycles. The first kappa shape index (κ1) is 15.7. The fourth-order valence-electron chi connectivity index (χ4n) is 2.71. The molecule has 1 N–H and O–H groups in total. The summed E-state index contributed by atoms with van der Waals surface area (Å²) in [5.41, 5.74) is 2.10. The number of fused-ring (bicyclic) bond motifs is 1. The summed E-state index contributed by atoms with van der Waals surface area (Å²) >= 11 is 1.77. The average molecular weight is 327 g/mol. The maximum atomic E-state index is 12.0. The van der Waals surface area contributed by atoms with E-state index in [4.69, 9.17) is 0 Å². The third kappa shape index (κ3) is 3.99. The number of nitrogens with zero attached hydrogens (tertiary/aromatic N) is 2. The van der Waals surface area contributed by atoms with Crippen molar-refractivity contribution in [3.05, 3.63) is 52.3 Å². The van der Waals surface area contributed by atoms with E-state index < -0.39 is 0 Å². The number of amides is 1. The van der Waals surface area contributed by atoms with Crippen LogP contribution >= 0.6 is 11.3 Å². The summed E-state index contributed by atoms with van der Waals surface area (Å²) in [6, 6.07) is 12.3. The van der Waals surface area contributed by atoms with Gasteiger partial charge in [-0.15, -0.1) is 11.3 Å². The smallest absolute Gasteiger partial charge is 0.221 e. The second kappa shape index (κ2) is 7.42. The van der Waals surface area contributed by atoms with Gasteiger partial charge >= 0.3 is 0 Å². The Labute approximate surface area is 140 Å². The molecule has 0 aliphatic carbocycles. The Morgan fingerprint density at radius 2 is 2.13 bits per heavy atom. The number of para-hydroxylation sites is 1. The average Bonchev–Trinajstić information content (AvgIpc) is 3.18. The van der Waals surface area contributed by atoms with Gasteiger partial charge in [0.15, 0.2) is 0 Å². The molecule has 5 heteroatoms. The molecule has 0 saturated heterocycles. The van der Waals surface area contributed by atoms with Crippen molar-refractivity contribution in [2.24, 2.45) is 0 Å². The van der Waals surface area contributed by atoms with Crippen LogP contribution in [0, 0.1) is 6.92 Å². The molecule has 0 aliphatic rings. The summed E-state index contributed by atoms with van der Waals surface area (Å²) in [7, 11) is 0. The van der Waals surface area contributed by atoms with Crippen molar-refractivity contribution >= 4 is 28.1 Å². The maximum absolute atomic E-state index is 12.0. The number of aryl methyl sites for hydroxylation is 3. The minimum atomic E-state index is 0.0911. The highest BCUT2D eigenvalue weighted by atomic mass is 32.1. The van der Waals surface area contributed by atoms with Crippen molar-refractivity contribution in [1.29, 1.82) is 0 Å². The predicted molar refractivity (Wildman–Crippen MR) is 94.7 cm³/mol. The van der Waals surface area contributed by atoms with Crippen LogP contribution in [0.25, 0.3) is 10.9 Å². The van der Waals surface area contributed by atoms with Crippen molar-refractivity contribution in [2.75, 3.05) is 6.54 Å². The number of carbonyl (C=O) groups excluding carboxylic acids is 1. The minimum absolute atomic E-state index is 0.0911. The van der Waals surface area contributed by atoms with Crippen molar-refractivity contribution in [3.8, 4) is 0 Å². The second-order valence-electron chi connectivity index (χ2n) is 5.61. The Hall–Kier alpha value is -2.14. The van der Waals surface area contributed by atoms with E-state index in [1.54, 1.807) is 11.3 Å². The molecule has 3 rings (SSSR count). The van der Waals surface area contributed by atoms with E-state index in [0.29, 0.717) is 13.0 Å². The van der Waals surface area contributed by atoms with Crippen LogP contribution in [0.1, 0.15) is 23.4 Å². The van der Waals surface area contributed by atoms with E-state index >= 15 is 0 Å². The lowest BCUT2D eigenvalue weighted by atomic mass is 10.2. The number of carbonyl (C=O) groups is 1.